The summed E-state index contributed by atoms with van der Waals surface area (Å²) in [6, 6.07) is 9.01. The Morgan fingerprint density at radius 3 is 2.21 bits per heavy atom. The lowest BCUT2D eigenvalue weighted by Gasteiger charge is -2.16. The van der Waals surface area contributed by atoms with Gasteiger partial charge in [0.15, 0.2) is 16.3 Å². The van der Waals surface area contributed by atoms with Gasteiger partial charge in [0.2, 0.25) is 5.75 Å². The third-order valence-corrected chi connectivity index (χ3v) is 5.81. The van der Waals surface area contributed by atoms with Crippen LogP contribution in [0.1, 0.15) is 36.7 Å². The number of hydrogen-bond donors (Lipinski definition) is 0. The van der Waals surface area contributed by atoms with Crippen molar-refractivity contribution < 1.29 is 28.5 Å². The first-order valence-corrected chi connectivity index (χ1v) is 11.6. The minimum atomic E-state index is -0.484. The van der Waals surface area contributed by atoms with Crippen molar-refractivity contribution in [1.82, 2.24) is 4.57 Å². The maximum atomic E-state index is 13.2. The van der Waals surface area contributed by atoms with Gasteiger partial charge >= 0.3 is 5.97 Å². The fourth-order valence-corrected chi connectivity index (χ4v) is 4.50. The second-order valence-corrected chi connectivity index (χ2v) is 8.00. The SMILES string of the molecule is CCOc1cc(C(=O)N=c2sc3cccc(C)c3n2CC(=O)OC)cc(OCC)c1OCC. The molecule has 33 heavy (non-hydrogen) atoms. The number of methoxy groups -OCH3 is 1. The van der Waals surface area contributed by atoms with Crippen molar-refractivity contribution in [2.24, 2.45) is 4.99 Å². The monoisotopic (exact) mass is 472 g/mol. The molecule has 176 valence electrons. The van der Waals surface area contributed by atoms with Crippen LogP contribution in [0.4, 0.5) is 0 Å². The fraction of sp³-hybridized carbons (Fsp3) is 0.375. The smallest absolute Gasteiger partial charge is 0.325 e. The summed E-state index contributed by atoms with van der Waals surface area (Å²) in [5.41, 5.74) is 2.11. The summed E-state index contributed by atoms with van der Waals surface area (Å²) in [5, 5.41) is 0. The zero-order chi connectivity index (χ0) is 24.0. The van der Waals surface area contributed by atoms with Crippen LogP contribution in [0.15, 0.2) is 35.3 Å². The van der Waals surface area contributed by atoms with E-state index >= 15 is 0 Å². The van der Waals surface area contributed by atoms with E-state index in [9.17, 15) is 9.59 Å². The van der Waals surface area contributed by atoms with Gasteiger partial charge in [-0.25, -0.2) is 0 Å². The molecule has 0 bridgehead atoms. The van der Waals surface area contributed by atoms with Crippen LogP contribution < -0.4 is 19.0 Å². The van der Waals surface area contributed by atoms with E-state index in [1.807, 2.05) is 45.9 Å². The van der Waals surface area contributed by atoms with Gasteiger partial charge in [0.25, 0.3) is 5.91 Å². The molecule has 3 aromatic rings. The standard InChI is InChI=1S/C24H28N2O6S/c1-6-30-17-12-16(13-18(31-7-2)22(17)32-8-3)23(28)25-24-26(14-20(27)29-5)21-15(4)10-9-11-19(21)33-24/h9-13H,6-8,14H2,1-5H3. The van der Waals surface area contributed by atoms with Gasteiger partial charge in [-0.15, -0.1) is 0 Å². The molecule has 1 amide bonds. The normalized spacial score (nSPS) is 11.5. The number of rotatable bonds is 9. The average molecular weight is 473 g/mol. The lowest BCUT2D eigenvalue weighted by atomic mass is 10.1. The van der Waals surface area contributed by atoms with E-state index in [1.54, 1.807) is 16.7 Å². The first-order chi connectivity index (χ1) is 15.9. The van der Waals surface area contributed by atoms with Crippen LogP contribution in [0, 0.1) is 6.92 Å². The van der Waals surface area contributed by atoms with Gasteiger partial charge in [0.05, 0.1) is 37.1 Å². The number of aromatic nitrogens is 1. The van der Waals surface area contributed by atoms with E-state index in [-0.39, 0.29) is 6.54 Å². The van der Waals surface area contributed by atoms with E-state index in [2.05, 4.69) is 4.99 Å². The zero-order valence-electron chi connectivity index (χ0n) is 19.5. The van der Waals surface area contributed by atoms with Gasteiger partial charge in [-0.05, 0) is 51.5 Å². The fourth-order valence-electron chi connectivity index (χ4n) is 3.40. The molecule has 0 saturated heterocycles. The van der Waals surface area contributed by atoms with Gasteiger partial charge in [0.1, 0.15) is 6.54 Å². The molecule has 0 aliphatic rings. The Labute approximate surface area is 196 Å². The summed E-state index contributed by atoms with van der Waals surface area (Å²) in [4.78, 5) is 30.0. The van der Waals surface area contributed by atoms with Gasteiger partial charge in [-0.3, -0.25) is 9.59 Å². The lowest BCUT2D eigenvalue weighted by Crippen LogP contribution is -2.22. The largest absolute Gasteiger partial charge is 0.490 e. The number of aryl methyl sites for hydroxylation is 1. The third kappa shape index (κ3) is 5.36. The number of amides is 1. The summed E-state index contributed by atoms with van der Waals surface area (Å²) in [5.74, 6) is 0.376. The van der Waals surface area contributed by atoms with Gasteiger partial charge in [-0.1, -0.05) is 23.5 Å². The van der Waals surface area contributed by atoms with E-state index in [0.717, 1.165) is 15.8 Å². The maximum Gasteiger partial charge on any atom is 0.325 e. The molecule has 1 aromatic heterocycles. The quantitative estimate of drug-likeness (QED) is 0.435. The number of esters is 1. The predicted molar refractivity (Wildman–Crippen MR) is 126 cm³/mol. The second-order valence-electron chi connectivity index (χ2n) is 6.99. The Kier molecular flexibility index (Phi) is 8.11. The Hall–Kier alpha value is -3.33. The van der Waals surface area contributed by atoms with Crippen molar-refractivity contribution in [3.63, 3.8) is 0 Å². The first kappa shape index (κ1) is 24.3. The van der Waals surface area contributed by atoms with Crippen molar-refractivity contribution in [2.45, 2.75) is 34.2 Å². The molecular formula is C24H28N2O6S. The van der Waals surface area contributed by atoms with Crippen LogP contribution in [-0.4, -0.2) is 43.4 Å². The molecule has 1 heterocycles. The third-order valence-electron chi connectivity index (χ3n) is 4.77. The van der Waals surface area contributed by atoms with Crippen molar-refractivity contribution in [2.75, 3.05) is 26.9 Å². The molecule has 9 heteroatoms. The van der Waals surface area contributed by atoms with Gasteiger partial charge in [0, 0.05) is 5.56 Å². The molecule has 0 radical (unpaired) electrons. The van der Waals surface area contributed by atoms with Crippen molar-refractivity contribution in [3.05, 3.63) is 46.3 Å². The predicted octanol–water partition coefficient (Wildman–Crippen LogP) is 4.12. The van der Waals surface area contributed by atoms with Crippen LogP contribution in [0.2, 0.25) is 0 Å². The van der Waals surface area contributed by atoms with E-state index in [4.69, 9.17) is 18.9 Å². The van der Waals surface area contributed by atoms with E-state index in [0.29, 0.717) is 47.4 Å². The molecule has 8 nitrogen and oxygen atoms in total. The van der Waals surface area contributed by atoms with Crippen LogP contribution >= 0.6 is 11.3 Å². The molecule has 0 saturated carbocycles. The van der Waals surface area contributed by atoms with Crippen LogP contribution in [0.3, 0.4) is 0 Å². The molecule has 0 aliphatic carbocycles. The Morgan fingerprint density at radius 2 is 1.64 bits per heavy atom. The number of benzene rings is 2. The van der Waals surface area contributed by atoms with Crippen LogP contribution in [0.25, 0.3) is 10.2 Å². The molecule has 0 fully saturated rings. The van der Waals surface area contributed by atoms with Crippen LogP contribution in [-0.2, 0) is 16.1 Å². The molecule has 0 unspecified atom stereocenters. The van der Waals surface area contributed by atoms with Crippen molar-refractivity contribution in [1.29, 1.82) is 0 Å². The number of nitrogens with zero attached hydrogens (tertiary/aromatic N) is 2. The molecular weight excluding hydrogens is 444 g/mol. The van der Waals surface area contributed by atoms with Crippen molar-refractivity contribution in [3.8, 4) is 17.2 Å². The zero-order valence-corrected chi connectivity index (χ0v) is 20.3. The summed E-state index contributed by atoms with van der Waals surface area (Å²) in [7, 11) is 1.33. The number of carbonyl (C=O) groups is 2. The summed E-state index contributed by atoms with van der Waals surface area (Å²) in [6.07, 6.45) is 0. The van der Waals surface area contributed by atoms with Gasteiger partial charge in [-0.2, -0.15) is 4.99 Å². The van der Waals surface area contributed by atoms with E-state index in [1.165, 1.54) is 18.4 Å². The number of ether oxygens (including phenoxy) is 4. The molecule has 0 atom stereocenters. The summed E-state index contributed by atoms with van der Waals surface area (Å²) < 4.78 is 24.6. The topological polar surface area (TPSA) is 88.4 Å². The lowest BCUT2D eigenvalue weighted by molar-refractivity contribution is -0.141. The van der Waals surface area contributed by atoms with Crippen molar-refractivity contribution >= 4 is 33.4 Å². The number of fused-ring (bicyclic) bond motifs is 1. The Balaban J connectivity index is 2.16. The Bertz CT molecular complexity index is 1200. The molecule has 0 N–H and O–H groups in total. The number of carbonyl (C=O) groups excluding carboxylic acids is 2. The minimum absolute atomic E-state index is 0.0505. The highest BCUT2D eigenvalue weighted by Gasteiger charge is 2.19. The second kappa shape index (κ2) is 11.0. The average Bonchev–Trinajstić information content (AvgIpc) is 3.13. The molecule has 0 spiro atoms. The van der Waals surface area contributed by atoms with Gasteiger partial charge < -0.3 is 23.5 Å². The maximum absolute atomic E-state index is 13.2. The van der Waals surface area contributed by atoms with Crippen LogP contribution in [0.5, 0.6) is 17.2 Å². The highest BCUT2D eigenvalue weighted by Crippen LogP contribution is 2.39. The number of para-hydroxylation sites is 1. The first-order valence-electron chi connectivity index (χ1n) is 10.7. The number of thiazole rings is 1. The molecule has 3 rings (SSSR count). The highest BCUT2D eigenvalue weighted by molar-refractivity contribution is 7.16. The number of hydrogen-bond acceptors (Lipinski definition) is 7. The summed E-state index contributed by atoms with van der Waals surface area (Å²) >= 11 is 1.33. The summed E-state index contributed by atoms with van der Waals surface area (Å²) in [6.45, 7) is 8.68. The van der Waals surface area contributed by atoms with E-state index < -0.39 is 11.9 Å². The molecule has 0 aliphatic heterocycles. The minimum Gasteiger partial charge on any atom is -0.490 e. The molecule has 2 aromatic carbocycles. The Morgan fingerprint density at radius 1 is 1.00 bits per heavy atom. The highest BCUT2D eigenvalue weighted by atomic mass is 32.1.